The number of aryl methyl sites for hydroxylation is 1. The zero-order chi connectivity index (χ0) is 20.2. The van der Waals surface area contributed by atoms with Crippen LogP contribution in [0.5, 0.6) is 0 Å². The molecule has 0 saturated heterocycles. The lowest BCUT2D eigenvalue weighted by atomic mass is 9.84. The molecule has 0 bridgehead atoms. The Morgan fingerprint density at radius 2 is 1.93 bits per heavy atom. The van der Waals surface area contributed by atoms with Crippen molar-refractivity contribution in [1.29, 1.82) is 0 Å². The van der Waals surface area contributed by atoms with Crippen LogP contribution in [0.25, 0.3) is 0 Å². The number of carbonyl (C=O) groups is 2. The number of aromatic carboxylic acids is 1. The Morgan fingerprint density at radius 1 is 1.22 bits per heavy atom. The Hall–Kier alpha value is -2.28. The number of Topliss-reactive ketones (excluding diaryl/α,β-unsaturated/α-hetero) is 1. The van der Waals surface area contributed by atoms with Gasteiger partial charge in [-0.1, -0.05) is 27.7 Å². The Morgan fingerprint density at radius 3 is 2.41 bits per heavy atom. The van der Waals surface area contributed by atoms with Crippen LogP contribution in [-0.2, 0) is 16.6 Å². The van der Waals surface area contributed by atoms with E-state index in [-0.39, 0.29) is 16.8 Å². The number of pyridine rings is 1. The van der Waals surface area contributed by atoms with Crippen LogP contribution in [0.2, 0.25) is 0 Å². The summed E-state index contributed by atoms with van der Waals surface area (Å²) in [7, 11) is 0. The number of carbonyl (C=O) groups excluding carboxylic acids is 1. The standard InChI is InChI=1S/C20H27N3O3S/c1-6-14(24)11-20(4,5)17-15(7-2)22-19(27-17)23(8-3)16-10-9-13(12-21-16)18(25)26/h9-10,12H,6-8,11H2,1-5H3,(H,25,26). The van der Waals surface area contributed by atoms with Gasteiger partial charge in [-0.05, 0) is 25.5 Å². The molecule has 7 heteroatoms. The van der Waals surface area contributed by atoms with Gasteiger partial charge in [0.25, 0.3) is 0 Å². The fourth-order valence-electron chi connectivity index (χ4n) is 2.99. The molecule has 0 amide bonds. The first-order chi connectivity index (χ1) is 12.7. The summed E-state index contributed by atoms with van der Waals surface area (Å²) in [5.74, 6) is -0.0904. The fourth-order valence-corrected chi connectivity index (χ4v) is 4.32. The van der Waals surface area contributed by atoms with E-state index >= 15 is 0 Å². The van der Waals surface area contributed by atoms with Gasteiger partial charge in [0, 0.05) is 35.9 Å². The predicted octanol–water partition coefficient (Wildman–Crippen LogP) is 4.60. The van der Waals surface area contributed by atoms with E-state index in [0.29, 0.717) is 25.2 Å². The molecule has 146 valence electrons. The van der Waals surface area contributed by atoms with E-state index in [1.165, 1.54) is 6.20 Å². The zero-order valence-electron chi connectivity index (χ0n) is 16.6. The summed E-state index contributed by atoms with van der Waals surface area (Å²) in [5, 5.41) is 9.87. The summed E-state index contributed by atoms with van der Waals surface area (Å²) in [4.78, 5) is 35.3. The third-order valence-corrected chi connectivity index (χ3v) is 5.97. The smallest absolute Gasteiger partial charge is 0.337 e. The molecule has 2 aromatic rings. The van der Waals surface area contributed by atoms with E-state index in [9.17, 15) is 9.59 Å². The van der Waals surface area contributed by atoms with Gasteiger partial charge in [0.05, 0.1) is 11.3 Å². The van der Waals surface area contributed by atoms with Crippen LogP contribution in [0.3, 0.4) is 0 Å². The highest BCUT2D eigenvalue weighted by Crippen LogP contribution is 2.40. The molecule has 0 aliphatic heterocycles. The number of thiazole rings is 1. The van der Waals surface area contributed by atoms with Gasteiger partial charge in [-0.3, -0.25) is 4.79 Å². The minimum absolute atomic E-state index is 0.156. The van der Waals surface area contributed by atoms with Crippen LogP contribution in [0.1, 0.15) is 68.4 Å². The Bertz CT molecular complexity index is 812. The maximum absolute atomic E-state index is 12.0. The van der Waals surface area contributed by atoms with Gasteiger partial charge < -0.3 is 10.0 Å². The van der Waals surface area contributed by atoms with Gasteiger partial charge in [0.1, 0.15) is 11.6 Å². The van der Waals surface area contributed by atoms with Crippen molar-refractivity contribution in [2.45, 2.75) is 59.3 Å². The van der Waals surface area contributed by atoms with Crippen LogP contribution in [-0.4, -0.2) is 33.4 Å². The molecule has 1 N–H and O–H groups in total. The molecule has 2 rings (SSSR count). The number of anilines is 2. The summed E-state index contributed by atoms with van der Waals surface area (Å²) in [6.07, 6.45) is 3.19. The average Bonchev–Trinajstić information content (AvgIpc) is 3.07. The topological polar surface area (TPSA) is 83.4 Å². The quantitative estimate of drug-likeness (QED) is 0.674. The van der Waals surface area contributed by atoms with Gasteiger partial charge in [-0.25, -0.2) is 14.8 Å². The number of carboxylic acids is 1. The van der Waals surface area contributed by atoms with Crippen LogP contribution < -0.4 is 4.90 Å². The zero-order valence-corrected chi connectivity index (χ0v) is 17.4. The Labute approximate surface area is 164 Å². The van der Waals surface area contributed by atoms with Gasteiger partial charge in [0.15, 0.2) is 5.13 Å². The molecular formula is C20H27N3O3S. The molecule has 0 radical (unpaired) electrons. The SMILES string of the molecule is CCC(=O)CC(C)(C)c1sc(N(CC)c2ccc(C(=O)O)cn2)nc1CC. The van der Waals surface area contributed by atoms with Crippen molar-refractivity contribution in [3.05, 3.63) is 34.5 Å². The number of hydrogen-bond acceptors (Lipinski definition) is 6. The van der Waals surface area contributed by atoms with Crippen LogP contribution in [0.4, 0.5) is 10.9 Å². The van der Waals surface area contributed by atoms with Crippen molar-refractivity contribution < 1.29 is 14.7 Å². The largest absolute Gasteiger partial charge is 0.478 e. The van der Waals surface area contributed by atoms with Gasteiger partial charge >= 0.3 is 5.97 Å². The number of nitrogens with zero attached hydrogens (tertiary/aromatic N) is 3. The monoisotopic (exact) mass is 389 g/mol. The number of rotatable bonds is 9. The van der Waals surface area contributed by atoms with Gasteiger partial charge in [0.2, 0.25) is 0 Å². The van der Waals surface area contributed by atoms with Crippen molar-refractivity contribution in [2.75, 3.05) is 11.4 Å². The van der Waals surface area contributed by atoms with Crippen molar-refractivity contribution >= 4 is 34.0 Å². The van der Waals surface area contributed by atoms with E-state index in [1.807, 2.05) is 18.7 Å². The van der Waals surface area contributed by atoms with E-state index in [0.717, 1.165) is 22.1 Å². The molecule has 0 spiro atoms. The van der Waals surface area contributed by atoms with E-state index in [4.69, 9.17) is 10.1 Å². The highest BCUT2D eigenvalue weighted by molar-refractivity contribution is 7.16. The Balaban J connectivity index is 2.40. The molecule has 0 unspecified atom stereocenters. The summed E-state index contributed by atoms with van der Waals surface area (Å²) in [6, 6.07) is 3.25. The Kier molecular flexibility index (Phi) is 6.70. The first-order valence-corrected chi connectivity index (χ1v) is 10.0. The first-order valence-electron chi connectivity index (χ1n) is 9.22. The molecule has 0 aliphatic carbocycles. The molecule has 2 aromatic heterocycles. The van der Waals surface area contributed by atoms with Crippen LogP contribution >= 0.6 is 11.3 Å². The number of aromatic nitrogens is 2. The maximum Gasteiger partial charge on any atom is 0.337 e. The minimum Gasteiger partial charge on any atom is -0.478 e. The van der Waals surface area contributed by atoms with Gasteiger partial charge in [-0.2, -0.15) is 0 Å². The molecule has 6 nitrogen and oxygen atoms in total. The molecular weight excluding hydrogens is 362 g/mol. The molecule has 0 aliphatic rings. The van der Waals surface area contributed by atoms with Crippen molar-refractivity contribution in [3.63, 3.8) is 0 Å². The highest BCUT2D eigenvalue weighted by atomic mass is 32.1. The second-order valence-corrected chi connectivity index (χ2v) is 8.01. The number of ketones is 1. The first kappa shape index (κ1) is 21.0. The molecule has 0 aromatic carbocycles. The van der Waals surface area contributed by atoms with Crippen LogP contribution in [0.15, 0.2) is 18.3 Å². The van der Waals surface area contributed by atoms with E-state index in [1.54, 1.807) is 23.5 Å². The van der Waals surface area contributed by atoms with Crippen molar-refractivity contribution in [2.24, 2.45) is 0 Å². The predicted molar refractivity (Wildman–Crippen MR) is 108 cm³/mol. The fraction of sp³-hybridized carbons (Fsp3) is 0.500. The van der Waals surface area contributed by atoms with Crippen molar-refractivity contribution in [1.82, 2.24) is 9.97 Å². The summed E-state index contributed by atoms with van der Waals surface area (Å²) in [5.41, 5.74) is 0.890. The molecule has 0 fully saturated rings. The lowest BCUT2D eigenvalue weighted by Gasteiger charge is -2.23. The summed E-state index contributed by atoms with van der Waals surface area (Å²) >= 11 is 1.59. The lowest BCUT2D eigenvalue weighted by molar-refractivity contribution is -0.119. The lowest BCUT2D eigenvalue weighted by Crippen LogP contribution is -2.21. The summed E-state index contributed by atoms with van der Waals surface area (Å²) < 4.78 is 0. The minimum atomic E-state index is -0.996. The molecule has 0 atom stereocenters. The summed E-state index contributed by atoms with van der Waals surface area (Å²) in [6.45, 7) is 10.8. The molecule has 0 saturated carbocycles. The third-order valence-electron chi connectivity index (χ3n) is 4.49. The third kappa shape index (κ3) is 4.71. The van der Waals surface area contributed by atoms with Crippen molar-refractivity contribution in [3.8, 4) is 0 Å². The van der Waals surface area contributed by atoms with E-state index < -0.39 is 5.97 Å². The highest BCUT2D eigenvalue weighted by Gasteiger charge is 2.30. The molecule has 2 heterocycles. The number of carboxylic acid groups (broad SMARTS) is 1. The normalized spacial score (nSPS) is 11.4. The average molecular weight is 390 g/mol. The van der Waals surface area contributed by atoms with Gasteiger partial charge in [-0.15, -0.1) is 11.3 Å². The maximum atomic E-state index is 12.0. The van der Waals surface area contributed by atoms with E-state index in [2.05, 4.69) is 25.8 Å². The second-order valence-electron chi connectivity index (χ2n) is 7.03. The van der Waals surface area contributed by atoms with Crippen LogP contribution in [0, 0.1) is 0 Å². The molecule has 27 heavy (non-hydrogen) atoms. The number of hydrogen-bond donors (Lipinski definition) is 1. The second kappa shape index (κ2) is 8.61.